The summed E-state index contributed by atoms with van der Waals surface area (Å²) in [6.07, 6.45) is 3.76. The van der Waals surface area contributed by atoms with Gasteiger partial charge in [0.05, 0.1) is 52.4 Å². The largest absolute Gasteiger partial charge is 0.640 e. The van der Waals surface area contributed by atoms with Crippen LogP contribution in [-0.4, -0.2) is 109 Å². The SMILES string of the molecule is COCCCNc1nc(NCCCOC)nc(SC)n1.CON(C)C(=O)Nc1ccc(Br)c(Cl)c1.Cl.Cl.OB(OC1(Cl)C(Cl)=C(Cl)C(Cl)=C1Cl)OC1(Cl)C(Cl)=C(Cl)C(Cl)=C1Cl. The van der Waals surface area contributed by atoms with Crippen LogP contribution in [0.5, 0.6) is 0 Å². The van der Waals surface area contributed by atoms with E-state index in [1.807, 2.05) is 6.26 Å². The number of amides is 2. The molecule has 1 heterocycles. The van der Waals surface area contributed by atoms with Crippen molar-refractivity contribution >= 4 is 211 Å². The fourth-order valence-electron chi connectivity index (χ4n) is 3.95. The second-order valence-electron chi connectivity index (χ2n) is 11.0. The van der Waals surface area contributed by atoms with Crippen molar-refractivity contribution in [3.63, 3.8) is 0 Å². The van der Waals surface area contributed by atoms with Crippen LogP contribution >= 0.6 is 180 Å². The Morgan fingerprint density at radius 2 is 1.20 bits per heavy atom. The van der Waals surface area contributed by atoms with Crippen molar-refractivity contribution in [2.24, 2.45) is 0 Å². The first-order chi connectivity index (χ1) is 27.7. The van der Waals surface area contributed by atoms with E-state index in [0.717, 1.165) is 48.7 Å². The molecular formula is C31H36BBrCl13N7O7S. The average molecular weight is 1200 g/mol. The van der Waals surface area contributed by atoms with Crippen molar-refractivity contribution in [1.29, 1.82) is 0 Å². The van der Waals surface area contributed by atoms with E-state index in [0.29, 0.717) is 27.8 Å². The van der Waals surface area contributed by atoms with Gasteiger partial charge in [-0.1, -0.05) is 139 Å². The first-order valence-electron chi connectivity index (χ1n) is 16.2. The zero-order chi connectivity index (χ0) is 44.7. The number of nitrogens with zero attached hydrogens (tertiary/aromatic N) is 4. The molecule has 0 radical (unpaired) electrons. The highest BCUT2D eigenvalue weighted by Crippen LogP contribution is 2.55. The van der Waals surface area contributed by atoms with Gasteiger partial charge in [-0.05, 0) is 53.2 Å². The van der Waals surface area contributed by atoms with E-state index in [4.69, 9.17) is 151 Å². The van der Waals surface area contributed by atoms with Crippen molar-refractivity contribution in [3.05, 3.63) is 68.0 Å². The lowest BCUT2D eigenvalue weighted by molar-refractivity contribution is -0.0598. The van der Waals surface area contributed by atoms with Gasteiger partial charge in [0.25, 0.3) is 0 Å². The summed E-state index contributed by atoms with van der Waals surface area (Å²) in [5.74, 6) is 1.18. The molecule has 1 aromatic heterocycles. The van der Waals surface area contributed by atoms with Crippen LogP contribution in [0.2, 0.25) is 5.02 Å². The number of urea groups is 1. The van der Waals surface area contributed by atoms with Crippen LogP contribution in [0, 0.1) is 0 Å². The molecule has 2 aliphatic carbocycles. The van der Waals surface area contributed by atoms with Crippen molar-refractivity contribution in [2.45, 2.75) is 28.1 Å². The highest BCUT2D eigenvalue weighted by molar-refractivity contribution is 9.10. The Labute approximate surface area is 433 Å². The Kier molecular flexibility index (Phi) is 30.2. The second-order valence-corrected chi connectivity index (χ2v) is 17.1. The van der Waals surface area contributed by atoms with Gasteiger partial charge in [0.1, 0.15) is 0 Å². The molecular weight excluding hydrogens is 1170 g/mol. The number of allylic oxidation sites excluding steroid dienone is 4. The molecule has 61 heavy (non-hydrogen) atoms. The van der Waals surface area contributed by atoms with Gasteiger partial charge in [0, 0.05) is 57.7 Å². The molecule has 14 nitrogen and oxygen atoms in total. The number of nitrogens with one attached hydrogen (secondary N) is 3. The molecule has 0 unspecified atom stereocenters. The minimum absolute atomic E-state index is 0. The summed E-state index contributed by atoms with van der Waals surface area (Å²) in [5.41, 5.74) is 0.608. The topological polar surface area (TPSA) is 161 Å². The quantitative estimate of drug-likeness (QED) is 0.0390. The van der Waals surface area contributed by atoms with Crippen molar-refractivity contribution in [1.82, 2.24) is 20.0 Å². The number of rotatable bonds is 17. The molecule has 0 bridgehead atoms. The number of hydrogen-bond acceptors (Lipinski definition) is 13. The summed E-state index contributed by atoms with van der Waals surface area (Å²) in [6.45, 7) is 2.98. The molecule has 2 amide bonds. The number of methoxy groups -OCH3 is 2. The fourth-order valence-corrected chi connectivity index (χ4v) is 7.59. The van der Waals surface area contributed by atoms with Crippen LogP contribution in [0.1, 0.15) is 12.8 Å². The maximum atomic E-state index is 11.4. The van der Waals surface area contributed by atoms with Gasteiger partial charge in [-0.25, -0.2) is 9.86 Å². The van der Waals surface area contributed by atoms with E-state index in [1.54, 1.807) is 32.4 Å². The molecule has 2 aliphatic rings. The standard InChI is InChI=1S/C12H23N5O2S.C10HBCl10O3.C9H10BrClN2O2.2ClH/c1-18-8-4-6-13-10-15-11(14-7-5-9-19-2)17-12(16-10)20-3;12-1-2(13)6(17)9(20,5(1)16)23-11(22)24-10(21)7(18)3(14)4(15)8(10)19;1-13(15-2)9(14)12-6-3-4-7(10)8(11)5-6;;/h4-9H2,1-3H3,(H2,13,14,15,16,17);22H;3-5H,1-2H3,(H,12,14);2*1H. The third-order valence-corrected chi connectivity index (χ3v) is 14.0. The maximum absolute atomic E-state index is 11.4. The Morgan fingerprint density at radius 1 is 0.787 bits per heavy atom. The monoisotopic (exact) mass is 1190 g/mol. The molecule has 0 fully saturated rings. The van der Waals surface area contributed by atoms with Crippen LogP contribution in [0.15, 0.2) is 68.1 Å². The molecule has 344 valence electrons. The molecule has 0 spiro atoms. The molecule has 30 heteroatoms. The van der Waals surface area contributed by atoms with Crippen LogP contribution in [0.25, 0.3) is 0 Å². The van der Waals surface area contributed by atoms with Gasteiger partial charge in [-0.2, -0.15) is 15.0 Å². The number of hydroxylamine groups is 2. The summed E-state index contributed by atoms with van der Waals surface area (Å²) in [4.78, 5) is 29.1. The molecule has 2 aromatic rings. The van der Waals surface area contributed by atoms with Gasteiger partial charge in [0.2, 0.25) is 22.0 Å². The average Bonchev–Trinajstić information content (AvgIpc) is 3.44. The van der Waals surface area contributed by atoms with Crippen molar-refractivity contribution in [2.75, 3.05) is 76.9 Å². The van der Waals surface area contributed by atoms with Crippen LogP contribution in [-0.2, 0) is 23.6 Å². The number of alkyl halides is 2. The smallest absolute Gasteiger partial charge is 0.401 e. The molecule has 0 saturated carbocycles. The minimum atomic E-state index is -2.14. The third-order valence-electron chi connectivity index (χ3n) is 6.96. The Bertz CT molecular complexity index is 1770. The first kappa shape index (κ1) is 61.5. The molecule has 0 atom stereocenters. The number of carbonyl (C=O) groups excluding carboxylic acids is 1. The van der Waals surface area contributed by atoms with E-state index in [2.05, 4.69) is 46.8 Å². The minimum Gasteiger partial charge on any atom is -0.401 e. The van der Waals surface area contributed by atoms with Crippen LogP contribution in [0.4, 0.5) is 22.4 Å². The van der Waals surface area contributed by atoms with E-state index >= 15 is 0 Å². The first-order valence-corrected chi connectivity index (χ1v) is 22.3. The van der Waals surface area contributed by atoms with Gasteiger partial charge in [-0.3, -0.25) is 4.84 Å². The van der Waals surface area contributed by atoms with E-state index in [1.165, 1.54) is 25.9 Å². The Morgan fingerprint density at radius 3 is 1.54 bits per heavy atom. The van der Waals surface area contributed by atoms with Crippen molar-refractivity contribution < 1.29 is 33.4 Å². The number of ether oxygens (including phenoxy) is 2. The second kappa shape index (κ2) is 30.0. The number of carbonyl (C=O) groups is 1. The molecule has 4 rings (SSSR count). The Hall–Kier alpha value is 0.485. The van der Waals surface area contributed by atoms with E-state index < -0.39 is 17.4 Å². The van der Waals surface area contributed by atoms with E-state index in [9.17, 15) is 9.82 Å². The summed E-state index contributed by atoms with van der Waals surface area (Å²) >= 11 is 69.9. The Balaban J connectivity index is 0.000000894. The maximum Gasteiger partial charge on any atom is 0.640 e. The van der Waals surface area contributed by atoms with Gasteiger partial charge >= 0.3 is 13.4 Å². The lowest BCUT2D eigenvalue weighted by atomic mass is 10.2. The molecule has 1 aromatic carbocycles. The summed E-state index contributed by atoms with van der Waals surface area (Å²) in [6, 6.07) is 4.77. The summed E-state index contributed by atoms with van der Waals surface area (Å²) in [5, 5.41) is 15.3. The lowest BCUT2D eigenvalue weighted by Gasteiger charge is -2.29. The number of thioether (sulfide) groups is 1. The zero-order valence-corrected chi connectivity index (χ0v) is 44.3. The van der Waals surface area contributed by atoms with Crippen LogP contribution < -0.4 is 16.0 Å². The highest BCUT2D eigenvalue weighted by atomic mass is 79.9. The third kappa shape index (κ3) is 17.9. The highest BCUT2D eigenvalue weighted by Gasteiger charge is 2.53. The molecule has 0 saturated heterocycles. The lowest BCUT2D eigenvalue weighted by Crippen LogP contribution is -2.41. The number of benzene rings is 1. The van der Waals surface area contributed by atoms with Crippen LogP contribution in [0.3, 0.4) is 0 Å². The fraction of sp³-hybridized carbons (Fsp3) is 0.419. The van der Waals surface area contributed by atoms with Gasteiger partial charge in [-0.15, -0.1) is 24.8 Å². The normalized spacial score (nSPS) is 15.0. The van der Waals surface area contributed by atoms with Crippen molar-refractivity contribution in [3.8, 4) is 0 Å². The zero-order valence-electron chi connectivity index (χ0n) is 32.0. The summed E-state index contributed by atoms with van der Waals surface area (Å²) in [7, 11) is 4.17. The van der Waals surface area contributed by atoms with E-state index in [-0.39, 0.29) is 71.1 Å². The van der Waals surface area contributed by atoms with Gasteiger partial charge in [0.15, 0.2) is 5.16 Å². The number of hydrogen-bond donors (Lipinski definition) is 4. The molecule has 4 N–H and O–H groups in total. The predicted octanol–water partition coefficient (Wildman–Crippen LogP) is 12.1. The number of halogens is 14. The van der Waals surface area contributed by atoms with Gasteiger partial charge < -0.3 is 39.8 Å². The summed E-state index contributed by atoms with van der Waals surface area (Å²) < 4.78 is 20.9. The predicted molar refractivity (Wildman–Crippen MR) is 261 cm³/mol. The number of anilines is 3. The molecule has 0 aliphatic heterocycles. The number of aromatic nitrogens is 3.